The number of halogens is 1. The first kappa shape index (κ1) is 29.9. The Morgan fingerprint density at radius 3 is 2.56 bits per heavy atom. The summed E-state index contributed by atoms with van der Waals surface area (Å²) >= 11 is 6.03. The molecule has 2 aromatic rings. The zero-order chi connectivity index (χ0) is 30.3. The van der Waals surface area contributed by atoms with Gasteiger partial charge in [-0.25, -0.2) is 0 Å². The smallest absolute Gasteiger partial charge is 0.246 e. The summed E-state index contributed by atoms with van der Waals surface area (Å²) in [5.41, 5.74) is 0.580. The SMILES string of the molecule is CC1CCCC(NC(=O)C2N(CCN(C)Cc3ccccc3)C(=O)[C@@H]3C(C(=O)Nc4ccc(Cl)cc4)[C@@H]4C=C[C@]23O4)C1C. The van der Waals surface area contributed by atoms with Gasteiger partial charge in [0.15, 0.2) is 0 Å². The van der Waals surface area contributed by atoms with E-state index in [1.807, 2.05) is 37.4 Å². The van der Waals surface area contributed by atoms with Gasteiger partial charge in [0.1, 0.15) is 11.6 Å². The molecule has 3 aliphatic heterocycles. The van der Waals surface area contributed by atoms with E-state index < -0.39 is 29.6 Å². The summed E-state index contributed by atoms with van der Waals surface area (Å²) in [6.45, 7) is 6.07. The number of ether oxygens (including phenoxy) is 1. The van der Waals surface area contributed by atoms with Crippen molar-refractivity contribution in [2.45, 2.75) is 63.4 Å². The van der Waals surface area contributed by atoms with Crippen molar-refractivity contribution >= 4 is 35.0 Å². The van der Waals surface area contributed by atoms with E-state index in [0.717, 1.165) is 25.8 Å². The third-order valence-electron chi connectivity index (χ3n) is 10.1. The Bertz CT molecular complexity index is 1380. The Morgan fingerprint density at radius 1 is 1.07 bits per heavy atom. The summed E-state index contributed by atoms with van der Waals surface area (Å²) in [6, 6.07) is 16.2. The zero-order valence-corrected chi connectivity index (χ0v) is 25.8. The van der Waals surface area contributed by atoms with Crippen molar-refractivity contribution in [1.29, 1.82) is 0 Å². The minimum atomic E-state index is -1.19. The summed E-state index contributed by atoms with van der Waals surface area (Å²) in [5.74, 6) is -1.39. The van der Waals surface area contributed by atoms with E-state index >= 15 is 0 Å². The van der Waals surface area contributed by atoms with E-state index in [1.165, 1.54) is 5.56 Å². The number of hydrogen-bond acceptors (Lipinski definition) is 5. The number of carbonyl (C=O) groups is 3. The van der Waals surface area contributed by atoms with Crippen molar-refractivity contribution in [2.75, 3.05) is 25.5 Å². The van der Waals surface area contributed by atoms with E-state index in [4.69, 9.17) is 16.3 Å². The standard InChI is InChI=1S/C34H41ClN4O4/c1-21-8-7-11-26(22(21)2)37-32(41)30-34-17-16-27(43-34)28(31(40)36-25-14-12-24(35)13-15-25)29(34)33(42)39(30)19-18-38(3)20-23-9-5-4-6-10-23/h4-6,9-10,12-17,21-22,26-30H,7-8,11,18-20H2,1-3H3,(H,36,40)(H,37,41)/t21?,22?,26?,27-,28?,29-,30?,34+/m0/s1. The lowest BCUT2D eigenvalue weighted by Crippen LogP contribution is -2.58. The second kappa shape index (κ2) is 12.1. The Labute approximate surface area is 258 Å². The lowest BCUT2D eigenvalue weighted by atomic mass is 9.73. The zero-order valence-electron chi connectivity index (χ0n) is 25.0. The number of carbonyl (C=O) groups excluding carboxylic acids is 3. The second-order valence-electron chi connectivity index (χ2n) is 12.8. The molecule has 6 rings (SSSR count). The fraction of sp³-hybridized carbons (Fsp3) is 0.500. The molecule has 1 saturated carbocycles. The molecule has 2 aromatic carbocycles. The number of benzene rings is 2. The molecule has 2 bridgehead atoms. The molecule has 3 heterocycles. The van der Waals surface area contributed by atoms with Gasteiger partial charge in [0.2, 0.25) is 17.7 Å². The number of hydrogen-bond donors (Lipinski definition) is 2. The predicted molar refractivity (Wildman–Crippen MR) is 166 cm³/mol. The Morgan fingerprint density at radius 2 is 1.81 bits per heavy atom. The van der Waals surface area contributed by atoms with E-state index in [0.29, 0.717) is 35.6 Å². The van der Waals surface area contributed by atoms with Crippen molar-refractivity contribution in [3.8, 4) is 0 Å². The molecule has 43 heavy (non-hydrogen) atoms. The quantitative estimate of drug-likeness (QED) is 0.411. The van der Waals surface area contributed by atoms with E-state index in [1.54, 1.807) is 29.2 Å². The summed E-state index contributed by atoms with van der Waals surface area (Å²) in [6.07, 6.45) is 6.28. The fourth-order valence-electron chi connectivity index (χ4n) is 7.57. The average Bonchev–Trinajstić information content (AvgIpc) is 3.63. The van der Waals surface area contributed by atoms with Crippen LogP contribution in [0.15, 0.2) is 66.7 Å². The molecule has 3 amide bonds. The molecule has 8 nitrogen and oxygen atoms in total. The highest BCUT2D eigenvalue weighted by molar-refractivity contribution is 6.30. The van der Waals surface area contributed by atoms with Crippen LogP contribution in [-0.4, -0.2) is 71.4 Å². The number of likely N-dealkylation sites (N-methyl/N-ethyl adjacent to an activating group) is 1. The first-order valence-electron chi connectivity index (χ1n) is 15.4. The maximum atomic E-state index is 14.3. The number of nitrogens with zero attached hydrogens (tertiary/aromatic N) is 2. The molecule has 5 unspecified atom stereocenters. The van der Waals surface area contributed by atoms with Crippen molar-refractivity contribution in [3.63, 3.8) is 0 Å². The largest absolute Gasteiger partial charge is 0.359 e. The number of amides is 3. The van der Waals surface area contributed by atoms with Crippen LogP contribution in [0.3, 0.4) is 0 Å². The molecule has 0 aromatic heterocycles. The molecule has 2 saturated heterocycles. The number of fused-ring (bicyclic) bond motifs is 1. The van der Waals surface area contributed by atoms with Gasteiger partial charge < -0.3 is 25.2 Å². The summed E-state index contributed by atoms with van der Waals surface area (Å²) in [7, 11) is 2.01. The van der Waals surface area contributed by atoms with Crippen LogP contribution >= 0.6 is 11.6 Å². The first-order chi connectivity index (χ1) is 20.7. The third-order valence-corrected chi connectivity index (χ3v) is 10.3. The van der Waals surface area contributed by atoms with Crippen LogP contribution in [0.2, 0.25) is 5.02 Å². The van der Waals surface area contributed by atoms with Crippen LogP contribution in [0.5, 0.6) is 0 Å². The molecule has 8 atom stereocenters. The Balaban J connectivity index is 1.26. The first-order valence-corrected chi connectivity index (χ1v) is 15.8. The van der Waals surface area contributed by atoms with E-state index in [9.17, 15) is 14.4 Å². The van der Waals surface area contributed by atoms with Crippen molar-refractivity contribution in [1.82, 2.24) is 15.1 Å². The van der Waals surface area contributed by atoms with Gasteiger partial charge >= 0.3 is 0 Å². The van der Waals surface area contributed by atoms with Gasteiger partial charge in [0.25, 0.3) is 0 Å². The number of nitrogens with one attached hydrogen (secondary N) is 2. The van der Waals surface area contributed by atoms with Crippen LogP contribution in [0.4, 0.5) is 5.69 Å². The fourth-order valence-corrected chi connectivity index (χ4v) is 7.69. The number of rotatable bonds is 9. The van der Waals surface area contributed by atoms with E-state index in [-0.39, 0.29) is 23.8 Å². The van der Waals surface area contributed by atoms with Gasteiger partial charge in [0.05, 0.1) is 17.9 Å². The van der Waals surface area contributed by atoms with Gasteiger partial charge in [-0.15, -0.1) is 0 Å². The molecule has 3 fully saturated rings. The molecular weight excluding hydrogens is 564 g/mol. The average molecular weight is 605 g/mol. The molecule has 228 valence electrons. The van der Waals surface area contributed by atoms with Crippen molar-refractivity contribution in [3.05, 3.63) is 77.3 Å². The van der Waals surface area contributed by atoms with Crippen LogP contribution < -0.4 is 10.6 Å². The third kappa shape index (κ3) is 5.61. The van der Waals surface area contributed by atoms with Gasteiger partial charge in [-0.2, -0.15) is 0 Å². The molecule has 9 heteroatoms. The Kier molecular flexibility index (Phi) is 8.37. The van der Waals surface area contributed by atoms with Crippen LogP contribution in [0, 0.1) is 23.7 Å². The summed E-state index contributed by atoms with van der Waals surface area (Å²) < 4.78 is 6.52. The lowest BCUT2D eigenvalue weighted by molar-refractivity contribution is -0.141. The maximum absolute atomic E-state index is 14.3. The number of anilines is 1. The van der Waals surface area contributed by atoms with Crippen LogP contribution in [0.1, 0.15) is 38.7 Å². The van der Waals surface area contributed by atoms with Crippen molar-refractivity contribution < 1.29 is 19.1 Å². The van der Waals surface area contributed by atoms with E-state index in [2.05, 4.69) is 41.5 Å². The highest BCUT2D eigenvalue weighted by Gasteiger charge is 2.72. The molecule has 2 N–H and O–H groups in total. The predicted octanol–water partition coefficient (Wildman–Crippen LogP) is 4.50. The number of likely N-dealkylation sites (tertiary alicyclic amines) is 1. The van der Waals surface area contributed by atoms with Gasteiger partial charge in [-0.05, 0) is 55.1 Å². The van der Waals surface area contributed by atoms with Crippen LogP contribution in [0.25, 0.3) is 0 Å². The molecular formula is C34H41ClN4O4. The highest BCUT2D eigenvalue weighted by atomic mass is 35.5. The molecule has 1 aliphatic carbocycles. The van der Waals surface area contributed by atoms with Gasteiger partial charge in [-0.3, -0.25) is 14.4 Å². The lowest BCUT2D eigenvalue weighted by Gasteiger charge is -2.38. The topological polar surface area (TPSA) is 91.0 Å². The monoisotopic (exact) mass is 604 g/mol. The van der Waals surface area contributed by atoms with Crippen molar-refractivity contribution in [2.24, 2.45) is 23.7 Å². The normalized spacial score (nSPS) is 32.7. The summed E-state index contributed by atoms with van der Waals surface area (Å²) in [5, 5.41) is 6.84. The van der Waals surface area contributed by atoms with Gasteiger partial charge in [0, 0.05) is 36.4 Å². The van der Waals surface area contributed by atoms with Gasteiger partial charge in [-0.1, -0.05) is 80.8 Å². The minimum Gasteiger partial charge on any atom is -0.359 e. The minimum absolute atomic E-state index is 0.0380. The molecule has 4 aliphatic rings. The summed E-state index contributed by atoms with van der Waals surface area (Å²) in [4.78, 5) is 46.0. The van der Waals surface area contributed by atoms with Crippen LogP contribution in [-0.2, 0) is 25.7 Å². The maximum Gasteiger partial charge on any atom is 0.246 e. The second-order valence-corrected chi connectivity index (χ2v) is 13.3. The Hall–Kier alpha value is -3.20. The molecule has 0 radical (unpaired) electrons. The highest BCUT2D eigenvalue weighted by Crippen LogP contribution is 2.55. The molecule has 1 spiro atoms.